The van der Waals surface area contributed by atoms with E-state index in [-0.39, 0.29) is 17.4 Å². The summed E-state index contributed by atoms with van der Waals surface area (Å²) in [6.45, 7) is 5.30. The van der Waals surface area contributed by atoms with Gasteiger partial charge in [-0.2, -0.15) is 0 Å². The molecule has 1 aromatic rings. The van der Waals surface area contributed by atoms with Gasteiger partial charge in [0.05, 0.1) is 5.56 Å². The van der Waals surface area contributed by atoms with Crippen molar-refractivity contribution in [3.05, 3.63) is 28.0 Å². The standard InChI is InChI=1S/C13H20N4O3/c1-16(6-7-17-4-2-14-3-5-17)13(20)10-8-11(18)15-12(19)9-10/h8-9,14H,2-7H2,1H3,(H2,15,18,19). The summed E-state index contributed by atoms with van der Waals surface area (Å²) in [7, 11) is 1.70. The zero-order valence-corrected chi connectivity index (χ0v) is 11.6. The molecule has 7 heteroatoms. The fourth-order valence-electron chi connectivity index (χ4n) is 2.20. The summed E-state index contributed by atoms with van der Waals surface area (Å²) in [5, 5.41) is 12.6. The Bertz CT molecular complexity index is 523. The maximum atomic E-state index is 12.2. The second-order valence-electron chi connectivity index (χ2n) is 4.94. The van der Waals surface area contributed by atoms with Gasteiger partial charge in [0, 0.05) is 58.4 Å². The molecule has 1 aliphatic heterocycles. The molecule has 0 spiro atoms. The second-order valence-corrected chi connectivity index (χ2v) is 4.94. The Morgan fingerprint density at radius 1 is 1.40 bits per heavy atom. The highest BCUT2D eigenvalue weighted by atomic mass is 16.3. The Morgan fingerprint density at radius 2 is 2.10 bits per heavy atom. The molecule has 1 saturated heterocycles. The van der Waals surface area contributed by atoms with Gasteiger partial charge in [0.2, 0.25) is 0 Å². The Balaban J connectivity index is 1.92. The highest BCUT2D eigenvalue weighted by Gasteiger charge is 2.15. The molecule has 110 valence electrons. The van der Waals surface area contributed by atoms with Crippen LogP contribution in [0.25, 0.3) is 0 Å². The molecule has 0 radical (unpaired) electrons. The third-order valence-corrected chi connectivity index (χ3v) is 3.38. The molecule has 2 rings (SSSR count). The maximum Gasteiger partial charge on any atom is 0.254 e. The molecule has 20 heavy (non-hydrogen) atoms. The number of nitrogens with one attached hydrogen (secondary N) is 2. The number of pyridine rings is 1. The van der Waals surface area contributed by atoms with Crippen LogP contribution in [0.15, 0.2) is 16.9 Å². The predicted octanol–water partition coefficient (Wildman–Crippen LogP) is -0.942. The summed E-state index contributed by atoms with van der Waals surface area (Å²) in [4.78, 5) is 29.4. The molecule has 0 saturated carbocycles. The lowest BCUT2D eigenvalue weighted by Crippen LogP contribution is -2.46. The molecule has 0 atom stereocenters. The molecule has 0 bridgehead atoms. The van der Waals surface area contributed by atoms with Crippen molar-refractivity contribution in [2.75, 3.05) is 46.3 Å². The molecule has 0 aromatic carbocycles. The van der Waals surface area contributed by atoms with Crippen LogP contribution in [0.2, 0.25) is 0 Å². The molecule has 0 unspecified atom stereocenters. The first-order valence-corrected chi connectivity index (χ1v) is 6.68. The smallest absolute Gasteiger partial charge is 0.254 e. The van der Waals surface area contributed by atoms with Gasteiger partial charge in [0.15, 0.2) is 5.88 Å². The average molecular weight is 280 g/mol. The Morgan fingerprint density at radius 3 is 2.75 bits per heavy atom. The SMILES string of the molecule is CN(CCN1CCNCC1)C(=O)c1cc(O)[nH]c(=O)c1. The second kappa shape index (κ2) is 6.53. The van der Waals surface area contributed by atoms with Gasteiger partial charge in [0.25, 0.3) is 11.5 Å². The van der Waals surface area contributed by atoms with Gasteiger partial charge in [-0.3, -0.25) is 19.5 Å². The van der Waals surface area contributed by atoms with Crippen LogP contribution in [0.3, 0.4) is 0 Å². The van der Waals surface area contributed by atoms with Gasteiger partial charge in [-0.1, -0.05) is 0 Å². The quantitative estimate of drug-likeness (QED) is 0.662. The van der Waals surface area contributed by atoms with E-state index >= 15 is 0 Å². The fourth-order valence-corrected chi connectivity index (χ4v) is 2.20. The van der Waals surface area contributed by atoms with Crippen molar-refractivity contribution in [1.29, 1.82) is 0 Å². The first-order chi connectivity index (χ1) is 9.56. The lowest BCUT2D eigenvalue weighted by Gasteiger charge is -2.29. The molecule has 2 heterocycles. The number of hydrogen-bond donors (Lipinski definition) is 3. The minimum atomic E-state index is -0.483. The predicted molar refractivity (Wildman–Crippen MR) is 75.0 cm³/mol. The molecule has 1 fully saturated rings. The van der Waals surface area contributed by atoms with Crippen molar-refractivity contribution >= 4 is 5.91 Å². The van der Waals surface area contributed by atoms with E-state index in [4.69, 9.17) is 0 Å². The van der Waals surface area contributed by atoms with Gasteiger partial charge in [0.1, 0.15) is 0 Å². The first kappa shape index (κ1) is 14.5. The average Bonchev–Trinajstić information content (AvgIpc) is 2.44. The van der Waals surface area contributed by atoms with E-state index < -0.39 is 5.56 Å². The van der Waals surface area contributed by atoms with Crippen molar-refractivity contribution in [3.8, 4) is 5.88 Å². The summed E-state index contributed by atoms with van der Waals surface area (Å²) < 4.78 is 0. The number of nitrogens with zero attached hydrogens (tertiary/aromatic N) is 2. The molecule has 3 N–H and O–H groups in total. The molecular weight excluding hydrogens is 260 g/mol. The van der Waals surface area contributed by atoms with Crippen LogP contribution in [0.1, 0.15) is 10.4 Å². The third kappa shape index (κ3) is 3.82. The minimum Gasteiger partial charge on any atom is -0.494 e. The monoisotopic (exact) mass is 280 g/mol. The molecular formula is C13H20N4O3. The largest absolute Gasteiger partial charge is 0.494 e. The fraction of sp³-hybridized carbons (Fsp3) is 0.538. The summed E-state index contributed by atoms with van der Waals surface area (Å²) in [5.41, 5.74) is -0.280. The van der Waals surface area contributed by atoms with Gasteiger partial charge >= 0.3 is 0 Å². The molecule has 1 amide bonds. The highest BCUT2D eigenvalue weighted by Crippen LogP contribution is 2.07. The van der Waals surface area contributed by atoms with Crippen LogP contribution in [-0.2, 0) is 0 Å². The van der Waals surface area contributed by atoms with Crippen LogP contribution >= 0.6 is 0 Å². The highest BCUT2D eigenvalue weighted by molar-refractivity contribution is 5.94. The van der Waals surface area contributed by atoms with Gasteiger partial charge in [-0.05, 0) is 0 Å². The number of piperazine rings is 1. The zero-order chi connectivity index (χ0) is 14.5. The van der Waals surface area contributed by atoms with Crippen LogP contribution < -0.4 is 10.9 Å². The number of rotatable bonds is 4. The number of aromatic nitrogens is 1. The van der Waals surface area contributed by atoms with Crippen molar-refractivity contribution in [2.24, 2.45) is 0 Å². The van der Waals surface area contributed by atoms with E-state index in [0.29, 0.717) is 6.54 Å². The Labute approximate surface area is 117 Å². The maximum absolute atomic E-state index is 12.2. The van der Waals surface area contributed by atoms with Crippen molar-refractivity contribution in [3.63, 3.8) is 0 Å². The molecule has 0 aliphatic carbocycles. The lowest BCUT2D eigenvalue weighted by atomic mass is 10.2. The van der Waals surface area contributed by atoms with Crippen LogP contribution in [0.5, 0.6) is 5.88 Å². The minimum absolute atomic E-state index is 0.203. The van der Waals surface area contributed by atoms with E-state index in [1.165, 1.54) is 12.1 Å². The van der Waals surface area contributed by atoms with Gasteiger partial charge in [-0.25, -0.2) is 0 Å². The van der Waals surface area contributed by atoms with E-state index in [2.05, 4.69) is 15.2 Å². The van der Waals surface area contributed by atoms with Gasteiger partial charge < -0.3 is 15.3 Å². The van der Waals surface area contributed by atoms with Crippen molar-refractivity contribution in [2.45, 2.75) is 0 Å². The molecule has 1 aliphatic rings. The molecule has 1 aromatic heterocycles. The number of carbonyl (C=O) groups is 1. The van der Waals surface area contributed by atoms with Gasteiger partial charge in [-0.15, -0.1) is 0 Å². The topological polar surface area (TPSA) is 88.7 Å². The number of amides is 1. The Hall–Kier alpha value is -1.86. The van der Waals surface area contributed by atoms with Crippen LogP contribution in [0, 0.1) is 0 Å². The summed E-state index contributed by atoms with van der Waals surface area (Å²) >= 11 is 0. The van der Waals surface area contributed by atoms with E-state index in [1.54, 1.807) is 11.9 Å². The van der Waals surface area contributed by atoms with Crippen LogP contribution in [-0.4, -0.2) is 72.1 Å². The van der Waals surface area contributed by atoms with E-state index in [0.717, 1.165) is 32.7 Å². The Kier molecular flexibility index (Phi) is 4.75. The number of aromatic hydroxyl groups is 1. The summed E-state index contributed by atoms with van der Waals surface area (Å²) in [5.74, 6) is -0.558. The van der Waals surface area contributed by atoms with E-state index in [1.807, 2.05) is 0 Å². The number of hydrogen-bond acceptors (Lipinski definition) is 5. The zero-order valence-electron chi connectivity index (χ0n) is 11.6. The number of carbonyl (C=O) groups excluding carboxylic acids is 1. The normalized spacial score (nSPS) is 16.1. The van der Waals surface area contributed by atoms with Crippen molar-refractivity contribution in [1.82, 2.24) is 20.1 Å². The first-order valence-electron chi connectivity index (χ1n) is 6.68. The summed E-state index contributed by atoms with van der Waals surface area (Å²) in [6, 6.07) is 2.47. The molecule has 7 nitrogen and oxygen atoms in total. The number of aromatic amines is 1. The lowest BCUT2D eigenvalue weighted by molar-refractivity contribution is 0.0774. The van der Waals surface area contributed by atoms with Crippen LogP contribution in [0.4, 0.5) is 0 Å². The van der Waals surface area contributed by atoms with E-state index in [9.17, 15) is 14.7 Å². The number of likely N-dealkylation sites (N-methyl/N-ethyl adjacent to an activating group) is 1. The number of H-pyrrole nitrogens is 1. The summed E-state index contributed by atoms with van der Waals surface area (Å²) in [6.07, 6.45) is 0. The van der Waals surface area contributed by atoms with Crippen molar-refractivity contribution < 1.29 is 9.90 Å². The third-order valence-electron chi connectivity index (χ3n) is 3.38.